The minimum Gasteiger partial charge on any atom is -0.508 e. The maximum Gasteiger partial charge on any atom is 0.335 e. The number of carbonyl (C=O) groups is 3. The number of hydrogen-bond donors (Lipinski definition) is 5. The smallest absolute Gasteiger partial charge is 0.335 e. The molecule has 13 nitrogen and oxygen atoms in total. The number of Topliss-reactive ketones (excluding diaryl/α,β-unsaturated/α-hetero) is 1. The number of aliphatic hydroxyl groups excluding tert-OH is 3. The molecule has 0 saturated carbocycles. The van der Waals surface area contributed by atoms with Gasteiger partial charge in [0.25, 0.3) is 0 Å². The van der Waals surface area contributed by atoms with Gasteiger partial charge >= 0.3 is 5.97 Å². The van der Waals surface area contributed by atoms with E-state index >= 15 is 0 Å². The van der Waals surface area contributed by atoms with Crippen molar-refractivity contribution in [3.05, 3.63) is 114 Å². The molecule has 6 rings (SSSR count). The molecule has 15 heteroatoms. The average Bonchev–Trinajstić information content (AvgIpc) is 3.07. The first kappa shape index (κ1) is 34.7. The Bertz CT molecular complexity index is 2040. The molecule has 0 bridgehead atoms. The quantitative estimate of drug-likeness (QED) is 0.119. The average molecular weight is 708 g/mol. The van der Waals surface area contributed by atoms with Crippen LogP contribution in [0.15, 0.2) is 97.1 Å². The number of amides is 1. The molecule has 2 aliphatic heterocycles. The molecule has 50 heavy (non-hydrogen) atoms. The van der Waals surface area contributed by atoms with Gasteiger partial charge in [-0.3, -0.25) is 9.59 Å². The van der Waals surface area contributed by atoms with Gasteiger partial charge in [-0.2, -0.15) is 0 Å². The first-order chi connectivity index (χ1) is 23.8. The predicted octanol–water partition coefficient (Wildman–Crippen LogP) is 2.22. The van der Waals surface area contributed by atoms with E-state index in [1.54, 1.807) is 48.5 Å². The van der Waals surface area contributed by atoms with Gasteiger partial charge in [-0.15, -0.1) is 0 Å². The summed E-state index contributed by atoms with van der Waals surface area (Å²) < 4.78 is 52.6. The molecular formula is C35H30FNO12S. The van der Waals surface area contributed by atoms with Crippen LogP contribution < -0.4 is 9.64 Å². The van der Waals surface area contributed by atoms with E-state index in [9.17, 15) is 52.7 Å². The van der Waals surface area contributed by atoms with Crippen molar-refractivity contribution in [2.45, 2.75) is 42.0 Å². The van der Waals surface area contributed by atoms with Crippen LogP contribution in [0.5, 0.6) is 11.5 Å². The second-order valence-corrected chi connectivity index (χ2v) is 13.9. The van der Waals surface area contributed by atoms with Crippen LogP contribution in [0.4, 0.5) is 10.1 Å². The molecule has 1 amide bonds. The summed E-state index contributed by atoms with van der Waals surface area (Å²) in [6.45, 7) is 0. The Balaban J connectivity index is 1.46. The Morgan fingerprint density at radius 1 is 0.840 bits per heavy atom. The lowest BCUT2D eigenvalue weighted by molar-refractivity contribution is -0.271. The fourth-order valence-electron chi connectivity index (χ4n) is 6.00. The summed E-state index contributed by atoms with van der Waals surface area (Å²) in [5.41, 5.74) is 1.09. The number of nitrogens with zero attached hydrogens (tertiary/aromatic N) is 1. The number of halogens is 1. The van der Waals surface area contributed by atoms with Gasteiger partial charge in [0.15, 0.2) is 27.0 Å². The molecule has 0 radical (unpaired) electrons. The van der Waals surface area contributed by atoms with E-state index in [2.05, 4.69) is 0 Å². The second kappa shape index (κ2) is 13.6. The van der Waals surface area contributed by atoms with Crippen LogP contribution in [0.3, 0.4) is 0 Å². The highest BCUT2D eigenvalue weighted by Crippen LogP contribution is 2.47. The molecular weight excluding hydrogens is 677 g/mol. The number of aromatic hydroxyl groups is 1. The molecule has 4 aromatic rings. The van der Waals surface area contributed by atoms with Gasteiger partial charge in [-0.05, 0) is 65.7 Å². The number of anilines is 1. The van der Waals surface area contributed by atoms with Crippen LogP contribution >= 0.6 is 0 Å². The highest BCUT2D eigenvalue weighted by Gasteiger charge is 2.57. The lowest BCUT2D eigenvalue weighted by Gasteiger charge is -2.47. The summed E-state index contributed by atoms with van der Waals surface area (Å²) in [6.07, 6.45) is -9.97. The lowest BCUT2D eigenvalue weighted by atomic mass is 9.90. The molecule has 260 valence electrons. The molecule has 7 atom stereocenters. The molecule has 5 N–H and O–H groups in total. The molecule has 0 aromatic heterocycles. The molecule has 0 aliphatic carbocycles. The summed E-state index contributed by atoms with van der Waals surface area (Å²) in [5.74, 6) is -5.44. The first-order valence-corrected chi connectivity index (χ1v) is 16.9. The summed E-state index contributed by atoms with van der Waals surface area (Å²) >= 11 is 0. The molecule has 2 saturated heterocycles. The number of aliphatic carboxylic acids is 1. The number of rotatable bonds is 10. The number of carboxylic acids is 1. The van der Waals surface area contributed by atoms with Crippen LogP contribution in [-0.4, -0.2) is 93.3 Å². The summed E-state index contributed by atoms with van der Waals surface area (Å²) in [7, 11) is -4.59. The Kier molecular flexibility index (Phi) is 9.44. The van der Waals surface area contributed by atoms with E-state index < -0.39 is 81.1 Å². The monoisotopic (exact) mass is 707 g/mol. The number of phenolic OH excluding ortho intramolecular Hbond substituents is 1. The fourth-order valence-corrected chi connectivity index (χ4v) is 7.80. The van der Waals surface area contributed by atoms with E-state index in [0.29, 0.717) is 16.8 Å². The Hall–Kier alpha value is -5.19. The number of phenols is 1. The number of ether oxygens (including phenoxy) is 2. The molecule has 4 aromatic carbocycles. The number of carbonyl (C=O) groups excluding carboxylic acids is 2. The Morgan fingerprint density at radius 3 is 2.18 bits per heavy atom. The Labute approximate surface area is 284 Å². The number of aliphatic hydroxyl groups is 3. The van der Waals surface area contributed by atoms with E-state index in [1.165, 1.54) is 29.2 Å². The van der Waals surface area contributed by atoms with Gasteiger partial charge in [0.1, 0.15) is 41.4 Å². The summed E-state index contributed by atoms with van der Waals surface area (Å²) in [5, 5.41) is 49.2. The van der Waals surface area contributed by atoms with Crippen molar-refractivity contribution >= 4 is 33.2 Å². The van der Waals surface area contributed by atoms with Gasteiger partial charge in [0, 0.05) is 16.8 Å². The van der Waals surface area contributed by atoms with Crippen LogP contribution in [0, 0.1) is 5.82 Å². The minimum atomic E-state index is -4.59. The standard InChI is InChI=1S/C35H30FNO12S/c36-21-12-9-18(10-13-21)25(39)17-50(46,47)32-27(37(33(32)43)22-6-2-1-3-7-22)24-14-11-20(19-5-4-8-23(38)15-19)16-26(24)48-35-30(42)28(40)29(41)31(49-35)34(44)45/h1-16,27-32,35,38,40-42H,17H2,(H,44,45)/t27-,28?,29+,30?,31?,32-,35-/m1/s1. The van der Waals surface area contributed by atoms with Gasteiger partial charge < -0.3 is 39.9 Å². The van der Waals surface area contributed by atoms with Crippen molar-refractivity contribution in [3.63, 3.8) is 0 Å². The maximum absolute atomic E-state index is 13.9. The molecule has 0 spiro atoms. The number of carboxylic acid groups (broad SMARTS) is 1. The van der Waals surface area contributed by atoms with Gasteiger partial charge in [0.2, 0.25) is 12.2 Å². The van der Waals surface area contributed by atoms with Crippen molar-refractivity contribution in [2.75, 3.05) is 10.7 Å². The van der Waals surface area contributed by atoms with Crippen LogP contribution in [0.2, 0.25) is 0 Å². The van der Waals surface area contributed by atoms with Gasteiger partial charge in [-0.25, -0.2) is 17.6 Å². The predicted molar refractivity (Wildman–Crippen MR) is 173 cm³/mol. The number of hydrogen-bond acceptors (Lipinski definition) is 11. The molecule has 3 unspecified atom stereocenters. The van der Waals surface area contributed by atoms with Crippen molar-refractivity contribution in [3.8, 4) is 22.6 Å². The highest BCUT2D eigenvalue weighted by molar-refractivity contribution is 7.93. The third kappa shape index (κ3) is 6.56. The second-order valence-electron chi connectivity index (χ2n) is 11.8. The minimum absolute atomic E-state index is 0.0310. The Morgan fingerprint density at radius 2 is 1.52 bits per heavy atom. The first-order valence-electron chi connectivity index (χ1n) is 15.2. The van der Waals surface area contributed by atoms with E-state index in [-0.39, 0.29) is 22.6 Å². The number of ketones is 1. The number of benzene rings is 4. The molecule has 2 fully saturated rings. The third-order valence-electron chi connectivity index (χ3n) is 8.53. The van der Waals surface area contributed by atoms with Crippen LogP contribution in [0.25, 0.3) is 11.1 Å². The van der Waals surface area contributed by atoms with Crippen molar-refractivity contribution in [1.29, 1.82) is 0 Å². The third-order valence-corrected chi connectivity index (χ3v) is 10.4. The number of sulfone groups is 1. The van der Waals surface area contributed by atoms with E-state index in [1.807, 2.05) is 0 Å². The van der Waals surface area contributed by atoms with Crippen LogP contribution in [0.1, 0.15) is 22.0 Å². The van der Waals surface area contributed by atoms with Crippen LogP contribution in [-0.2, 0) is 24.2 Å². The van der Waals surface area contributed by atoms with E-state index in [0.717, 1.165) is 24.3 Å². The summed E-state index contributed by atoms with van der Waals surface area (Å²) in [6, 6.07) is 21.3. The molecule has 2 heterocycles. The summed E-state index contributed by atoms with van der Waals surface area (Å²) in [4.78, 5) is 39.8. The fraction of sp³-hybridized carbons (Fsp3) is 0.229. The normalized spacial score (nSPS) is 25.1. The molecule has 2 aliphatic rings. The zero-order chi connectivity index (χ0) is 35.9. The van der Waals surface area contributed by atoms with Gasteiger partial charge in [0.05, 0.1) is 6.04 Å². The SMILES string of the molecule is O=C(CS(=O)(=O)[C@H]1C(=O)N(c2ccccc2)[C@@H]1c1ccc(-c2cccc(O)c2)cc1O[C@@H]1OC(C(=O)O)[C@@H](O)C(O)C1O)c1ccc(F)cc1. The topological polar surface area (TPSA) is 208 Å². The van der Waals surface area contributed by atoms with E-state index in [4.69, 9.17) is 9.47 Å². The zero-order valence-corrected chi connectivity index (χ0v) is 26.6. The number of para-hydroxylation sites is 1. The van der Waals surface area contributed by atoms with Gasteiger partial charge in [-0.1, -0.05) is 42.5 Å². The zero-order valence-electron chi connectivity index (χ0n) is 25.8. The highest BCUT2D eigenvalue weighted by atomic mass is 32.2. The van der Waals surface area contributed by atoms with Crippen molar-refractivity contribution in [1.82, 2.24) is 0 Å². The lowest BCUT2D eigenvalue weighted by Crippen LogP contribution is -2.63. The van der Waals surface area contributed by atoms with Crippen molar-refractivity contribution in [2.24, 2.45) is 0 Å². The maximum atomic E-state index is 13.9. The number of β-lactam (4-membered cyclic amide) rings is 1. The largest absolute Gasteiger partial charge is 0.508 e. The van der Waals surface area contributed by atoms with Crippen molar-refractivity contribution < 1.29 is 62.2 Å².